The first kappa shape index (κ1) is 15.9. The van der Waals surface area contributed by atoms with Crippen LogP contribution < -0.4 is 0 Å². The minimum Gasteiger partial charge on any atom is -0.114 e. The van der Waals surface area contributed by atoms with Crippen LogP contribution in [0, 0.1) is 0 Å². The Labute approximate surface area is 108 Å². The lowest BCUT2D eigenvalue weighted by atomic mass is 10.1. The standard InChI is InChI=1S/C16H23P/c1-4-6-10-15(3)11-7-12-16(9-5-2)13-8-14-17/h4-8,10,12-14H,2,9,11,17H2,1,3H3/b6-4-,12-7-,14-8-,15-10+,16-13+. The van der Waals surface area contributed by atoms with E-state index in [1.807, 2.05) is 31.0 Å². The SMILES string of the molecule is C=CCC(/C=C\C/C(C)=C/C=C\C)=C\C=C/P. The predicted octanol–water partition coefficient (Wildman–Crippen LogP) is 5.35. The van der Waals surface area contributed by atoms with Crippen LogP contribution in [0.25, 0.3) is 0 Å². The molecule has 0 radical (unpaired) electrons. The summed E-state index contributed by atoms with van der Waals surface area (Å²) < 4.78 is 0. The molecule has 0 aliphatic carbocycles. The van der Waals surface area contributed by atoms with Crippen molar-refractivity contribution in [2.75, 3.05) is 0 Å². The molecule has 0 fully saturated rings. The maximum atomic E-state index is 3.77. The van der Waals surface area contributed by atoms with Gasteiger partial charge in [0.25, 0.3) is 0 Å². The summed E-state index contributed by atoms with van der Waals surface area (Å²) in [6.45, 7) is 7.94. The lowest BCUT2D eigenvalue weighted by molar-refractivity contribution is 1.19. The summed E-state index contributed by atoms with van der Waals surface area (Å²) in [7, 11) is 2.57. The van der Waals surface area contributed by atoms with E-state index in [0.29, 0.717) is 0 Å². The third kappa shape index (κ3) is 9.78. The van der Waals surface area contributed by atoms with Crippen LogP contribution in [0.1, 0.15) is 26.7 Å². The summed E-state index contributed by atoms with van der Waals surface area (Å²) in [5.41, 5.74) is 2.64. The third-order valence-corrected chi connectivity index (χ3v) is 2.37. The quantitative estimate of drug-likeness (QED) is 0.323. The highest BCUT2D eigenvalue weighted by Crippen LogP contribution is 2.08. The molecule has 17 heavy (non-hydrogen) atoms. The van der Waals surface area contributed by atoms with Crippen LogP contribution in [-0.4, -0.2) is 0 Å². The first-order valence-corrected chi connectivity index (χ1v) is 6.54. The molecule has 0 amide bonds. The topological polar surface area (TPSA) is 0 Å². The molecule has 0 aromatic heterocycles. The van der Waals surface area contributed by atoms with E-state index in [4.69, 9.17) is 0 Å². The Bertz CT molecular complexity index is 352. The highest BCUT2D eigenvalue weighted by Gasteiger charge is 1.88. The Morgan fingerprint density at radius 1 is 1.18 bits per heavy atom. The van der Waals surface area contributed by atoms with Gasteiger partial charge < -0.3 is 0 Å². The fraction of sp³-hybridized carbons (Fsp3) is 0.250. The average molecular weight is 246 g/mol. The number of allylic oxidation sites excluding steroid dienone is 10. The van der Waals surface area contributed by atoms with Crippen molar-refractivity contribution < 1.29 is 0 Å². The van der Waals surface area contributed by atoms with Gasteiger partial charge >= 0.3 is 0 Å². The Kier molecular flexibility index (Phi) is 10.6. The molecule has 1 heteroatoms. The van der Waals surface area contributed by atoms with Crippen LogP contribution in [0.5, 0.6) is 0 Å². The molecule has 0 N–H and O–H groups in total. The van der Waals surface area contributed by atoms with Gasteiger partial charge in [-0.1, -0.05) is 60.0 Å². The lowest BCUT2D eigenvalue weighted by Gasteiger charge is -1.97. The highest BCUT2D eigenvalue weighted by molar-refractivity contribution is 7.20. The third-order valence-electron chi connectivity index (χ3n) is 2.15. The number of hydrogen-bond donors (Lipinski definition) is 0. The molecule has 1 unspecified atom stereocenters. The maximum Gasteiger partial charge on any atom is -0.0100 e. The molecule has 92 valence electrons. The molecule has 0 nitrogen and oxygen atoms in total. The van der Waals surface area contributed by atoms with E-state index in [9.17, 15) is 0 Å². The monoisotopic (exact) mass is 246 g/mol. The molecule has 0 heterocycles. The van der Waals surface area contributed by atoms with Crippen molar-refractivity contribution >= 4 is 9.24 Å². The molecule has 0 spiro atoms. The van der Waals surface area contributed by atoms with Crippen molar-refractivity contribution in [2.45, 2.75) is 26.7 Å². The molecule has 0 saturated carbocycles. The van der Waals surface area contributed by atoms with E-state index in [-0.39, 0.29) is 0 Å². The molecule has 0 aromatic rings. The molecule has 0 saturated heterocycles. The van der Waals surface area contributed by atoms with Gasteiger partial charge in [0.15, 0.2) is 0 Å². The van der Waals surface area contributed by atoms with E-state index >= 15 is 0 Å². The molecule has 0 rings (SSSR count). The second-order valence-corrected chi connectivity index (χ2v) is 4.15. The summed E-state index contributed by atoms with van der Waals surface area (Å²) in [4.78, 5) is 0. The van der Waals surface area contributed by atoms with Crippen LogP contribution in [0.4, 0.5) is 0 Å². The van der Waals surface area contributed by atoms with E-state index in [2.05, 4.69) is 53.1 Å². The Hall–Kier alpha value is -1.13. The molecule has 0 bridgehead atoms. The van der Waals surface area contributed by atoms with Gasteiger partial charge in [-0.15, -0.1) is 15.8 Å². The van der Waals surface area contributed by atoms with Gasteiger partial charge in [0.2, 0.25) is 0 Å². The van der Waals surface area contributed by atoms with Crippen molar-refractivity contribution in [2.24, 2.45) is 0 Å². The zero-order valence-electron chi connectivity index (χ0n) is 10.9. The van der Waals surface area contributed by atoms with Crippen molar-refractivity contribution in [3.63, 3.8) is 0 Å². The normalized spacial score (nSPS) is 14.3. The Balaban J connectivity index is 4.40. The van der Waals surface area contributed by atoms with Gasteiger partial charge in [0, 0.05) is 0 Å². The maximum absolute atomic E-state index is 3.77. The summed E-state index contributed by atoms with van der Waals surface area (Å²) in [6.07, 6.45) is 18.6. The molecule has 0 aliphatic rings. The molecular formula is C16H23P. The second kappa shape index (κ2) is 11.4. The first-order chi connectivity index (χ1) is 8.24. The molecule has 0 aromatic carbocycles. The van der Waals surface area contributed by atoms with Crippen LogP contribution in [0.3, 0.4) is 0 Å². The van der Waals surface area contributed by atoms with Crippen LogP contribution in [0.2, 0.25) is 0 Å². The summed E-state index contributed by atoms with van der Waals surface area (Å²) in [6, 6.07) is 0. The van der Waals surface area contributed by atoms with Gasteiger partial charge in [-0.05, 0) is 32.3 Å². The molecule has 0 aliphatic heterocycles. The van der Waals surface area contributed by atoms with Crippen LogP contribution in [-0.2, 0) is 0 Å². The van der Waals surface area contributed by atoms with Gasteiger partial charge in [-0.3, -0.25) is 0 Å². The van der Waals surface area contributed by atoms with Crippen LogP contribution in [0.15, 0.2) is 72.2 Å². The van der Waals surface area contributed by atoms with E-state index < -0.39 is 0 Å². The first-order valence-electron chi connectivity index (χ1n) is 5.88. The number of rotatable bonds is 7. The van der Waals surface area contributed by atoms with Crippen molar-refractivity contribution in [3.05, 3.63) is 72.2 Å². The summed E-state index contributed by atoms with van der Waals surface area (Å²) in [5, 5.41) is 0. The Morgan fingerprint density at radius 3 is 2.53 bits per heavy atom. The van der Waals surface area contributed by atoms with E-state index in [0.717, 1.165) is 12.8 Å². The summed E-state index contributed by atoms with van der Waals surface area (Å²) >= 11 is 0. The Morgan fingerprint density at radius 2 is 1.94 bits per heavy atom. The van der Waals surface area contributed by atoms with E-state index in [1.54, 1.807) is 0 Å². The lowest BCUT2D eigenvalue weighted by Crippen LogP contribution is -1.76. The molecular weight excluding hydrogens is 223 g/mol. The zero-order valence-corrected chi connectivity index (χ0v) is 12.0. The predicted molar refractivity (Wildman–Crippen MR) is 84.1 cm³/mol. The zero-order chi connectivity index (χ0) is 12.9. The summed E-state index contributed by atoms with van der Waals surface area (Å²) in [5.74, 6) is 1.95. The van der Waals surface area contributed by atoms with Crippen molar-refractivity contribution in [1.82, 2.24) is 0 Å². The fourth-order valence-electron chi connectivity index (χ4n) is 1.26. The van der Waals surface area contributed by atoms with Gasteiger partial charge in [0.05, 0.1) is 0 Å². The van der Waals surface area contributed by atoms with Crippen LogP contribution >= 0.6 is 9.24 Å². The minimum absolute atomic E-state index is 0.906. The van der Waals surface area contributed by atoms with E-state index in [1.165, 1.54) is 11.1 Å². The second-order valence-electron chi connectivity index (χ2n) is 3.76. The highest BCUT2D eigenvalue weighted by atomic mass is 31.0. The minimum atomic E-state index is 0.906. The van der Waals surface area contributed by atoms with Gasteiger partial charge in [-0.25, -0.2) is 0 Å². The molecule has 1 atom stereocenters. The van der Waals surface area contributed by atoms with Crippen molar-refractivity contribution in [1.29, 1.82) is 0 Å². The van der Waals surface area contributed by atoms with Crippen molar-refractivity contribution in [3.8, 4) is 0 Å². The number of hydrogen-bond acceptors (Lipinski definition) is 0. The van der Waals surface area contributed by atoms with Gasteiger partial charge in [-0.2, -0.15) is 0 Å². The average Bonchev–Trinajstić information content (AvgIpc) is 2.33. The smallest absolute Gasteiger partial charge is 0.0100 e. The van der Waals surface area contributed by atoms with Gasteiger partial charge in [0.1, 0.15) is 0 Å². The fourth-order valence-corrected chi connectivity index (χ4v) is 1.37. The largest absolute Gasteiger partial charge is 0.114 e.